The van der Waals surface area contributed by atoms with Gasteiger partial charge < -0.3 is 29.9 Å². The van der Waals surface area contributed by atoms with Gasteiger partial charge in [-0.2, -0.15) is 5.10 Å². The maximum absolute atomic E-state index is 14.9. The molecule has 1 fully saturated rings. The largest absolute Gasteiger partial charge is 0.457 e. The van der Waals surface area contributed by atoms with Gasteiger partial charge in [0.15, 0.2) is 0 Å². The van der Waals surface area contributed by atoms with E-state index in [1.54, 1.807) is 33.4 Å². The average molecular weight is 726 g/mol. The van der Waals surface area contributed by atoms with E-state index < -0.39 is 35.7 Å². The summed E-state index contributed by atoms with van der Waals surface area (Å²) in [5.74, 6) is -1.89. The van der Waals surface area contributed by atoms with Gasteiger partial charge in [0.1, 0.15) is 17.3 Å². The van der Waals surface area contributed by atoms with Crippen LogP contribution in [-0.2, 0) is 22.7 Å². The molecule has 2 atom stereocenters. The Kier molecular flexibility index (Phi) is 10.2. The molecule has 15 heteroatoms. The molecule has 0 radical (unpaired) electrons. The molecule has 4 heterocycles. The lowest BCUT2D eigenvalue weighted by atomic mass is 10.0. The number of ether oxygens (including phenoxy) is 2. The molecule has 2 aliphatic heterocycles. The van der Waals surface area contributed by atoms with Crippen LogP contribution < -0.4 is 15.4 Å². The fourth-order valence-electron chi connectivity index (χ4n) is 6.38. The van der Waals surface area contributed by atoms with Crippen LogP contribution in [0, 0.1) is 5.82 Å². The predicted octanol–water partition coefficient (Wildman–Crippen LogP) is 4.25. The van der Waals surface area contributed by atoms with Crippen molar-refractivity contribution in [3.63, 3.8) is 0 Å². The van der Waals surface area contributed by atoms with Gasteiger partial charge in [0, 0.05) is 68.4 Å². The number of benzene rings is 3. The van der Waals surface area contributed by atoms with Crippen LogP contribution in [0.1, 0.15) is 49.5 Å². The van der Waals surface area contributed by atoms with Crippen LogP contribution in [0.15, 0.2) is 78.6 Å². The van der Waals surface area contributed by atoms with Gasteiger partial charge in [0.05, 0.1) is 41.0 Å². The van der Waals surface area contributed by atoms with Crippen molar-refractivity contribution >= 4 is 45.2 Å². The summed E-state index contributed by atoms with van der Waals surface area (Å²) in [5, 5.41) is 9.99. The highest BCUT2D eigenvalue weighted by molar-refractivity contribution is 7.16. The summed E-state index contributed by atoms with van der Waals surface area (Å²) in [7, 11) is 1.48. The molecule has 268 valence electrons. The number of thiazole rings is 1. The zero-order chi connectivity index (χ0) is 36.2. The molecule has 1 saturated heterocycles. The Bertz CT molecular complexity index is 2120. The summed E-state index contributed by atoms with van der Waals surface area (Å²) in [6.45, 7) is 1.20. The smallest absolute Gasteiger partial charge is 0.254 e. The number of halogens is 1. The van der Waals surface area contributed by atoms with Crippen LogP contribution in [0.2, 0.25) is 0 Å². The number of piperidine rings is 1. The van der Waals surface area contributed by atoms with Crippen LogP contribution in [0.5, 0.6) is 11.5 Å². The van der Waals surface area contributed by atoms with Crippen molar-refractivity contribution in [1.29, 1.82) is 0 Å². The van der Waals surface area contributed by atoms with Gasteiger partial charge in [-0.1, -0.05) is 0 Å². The lowest BCUT2D eigenvalue weighted by Gasteiger charge is -2.39. The molecular weight excluding hydrogens is 690 g/mol. The van der Waals surface area contributed by atoms with Crippen LogP contribution in [0.4, 0.5) is 4.39 Å². The molecule has 0 spiro atoms. The first-order chi connectivity index (χ1) is 25.2. The highest BCUT2D eigenvalue weighted by atomic mass is 32.1. The lowest BCUT2D eigenvalue weighted by molar-refractivity contribution is -0.124. The van der Waals surface area contributed by atoms with Gasteiger partial charge in [-0.15, -0.1) is 11.3 Å². The molecule has 2 N–H and O–H groups in total. The van der Waals surface area contributed by atoms with Crippen LogP contribution in [0.3, 0.4) is 0 Å². The number of likely N-dealkylation sites (tertiary alicyclic amines) is 1. The number of hydrogen-bond acceptors (Lipinski definition) is 9. The molecule has 7 rings (SSSR count). The third-order valence-corrected chi connectivity index (χ3v) is 9.74. The summed E-state index contributed by atoms with van der Waals surface area (Å²) in [6.07, 6.45) is 4.04. The molecule has 2 aromatic heterocycles. The minimum Gasteiger partial charge on any atom is -0.457 e. The fourth-order valence-corrected chi connectivity index (χ4v) is 7.09. The second-order valence-electron chi connectivity index (χ2n) is 12.8. The molecule has 5 aromatic rings. The van der Waals surface area contributed by atoms with Crippen LogP contribution in [-0.4, -0.2) is 93.6 Å². The van der Waals surface area contributed by atoms with Gasteiger partial charge in [-0.05, 0) is 73.0 Å². The third kappa shape index (κ3) is 8.11. The van der Waals surface area contributed by atoms with Crippen LogP contribution >= 0.6 is 11.3 Å². The zero-order valence-corrected chi connectivity index (χ0v) is 29.1. The second-order valence-corrected chi connectivity index (χ2v) is 13.7. The summed E-state index contributed by atoms with van der Waals surface area (Å²) in [4.78, 5) is 61.2. The number of carbonyl (C=O) groups is 4. The van der Waals surface area contributed by atoms with E-state index in [9.17, 15) is 23.6 Å². The molecule has 2 aliphatic rings. The first-order valence-electron chi connectivity index (χ1n) is 16.9. The van der Waals surface area contributed by atoms with Gasteiger partial charge in [-0.25, -0.2) is 9.37 Å². The number of aryl methyl sites for hydroxylation is 1. The number of fused-ring (bicyclic) bond motifs is 6. The Morgan fingerprint density at radius 1 is 1.08 bits per heavy atom. The maximum atomic E-state index is 14.9. The summed E-state index contributed by atoms with van der Waals surface area (Å²) in [6, 6.07) is 15.1. The van der Waals surface area contributed by atoms with E-state index >= 15 is 0 Å². The number of likely N-dealkylation sites (N-methyl/N-ethyl adjacent to an activating group) is 1. The molecule has 0 saturated carbocycles. The quantitative estimate of drug-likeness (QED) is 0.247. The maximum Gasteiger partial charge on any atom is 0.254 e. The van der Waals surface area contributed by atoms with Gasteiger partial charge in [0.2, 0.25) is 5.91 Å². The standard InChI is InChI=1S/C37H36FN7O6S/c1-43-20-34(46)42-31-19-44(37(49)24-4-5-30-33(17-24)52-22-40-30)11-6-32(31)50-21-23-12-27(38)18-28(13-23)51-29-15-25(14-26(16-29)36(43)48)35(47)39-7-2-9-45-10-3-8-41-45/h3-5,8,10,12-18,22,31-32H,2,6-7,9,11,19-21H2,1H3,(H,39,47)(H,42,46)/t31-,32+/m1/s1. The molecule has 13 nitrogen and oxygen atoms in total. The molecule has 4 amide bonds. The number of rotatable bonds is 6. The zero-order valence-electron chi connectivity index (χ0n) is 28.3. The van der Waals surface area contributed by atoms with E-state index in [-0.39, 0.29) is 48.2 Å². The third-order valence-electron chi connectivity index (χ3n) is 8.94. The second kappa shape index (κ2) is 15.3. The SMILES string of the molecule is CN1CC(=O)N[C@@H]2CN(C(=O)c3ccc4ncsc4c3)CC[C@@H]2OCc2cc(F)cc(c2)Oc2cc(C(=O)NCCCn3cccn3)cc(c2)C1=O. The number of hydrogen-bond donors (Lipinski definition) is 2. The van der Waals surface area contributed by atoms with Crippen molar-refractivity contribution in [2.75, 3.05) is 33.2 Å². The first kappa shape index (κ1) is 34.8. The molecule has 0 aliphatic carbocycles. The van der Waals surface area contributed by atoms with E-state index in [1.807, 2.05) is 24.4 Å². The van der Waals surface area contributed by atoms with Crippen molar-refractivity contribution in [3.8, 4) is 11.5 Å². The normalized spacial score (nSPS) is 18.0. The molecule has 4 bridgehead atoms. The van der Waals surface area contributed by atoms with Gasteiger partial charge >= 0.3 is 0 Å². The first-order valence-corrected chi connectivity index (χ1v) is 17.7. The number of nitrogens with zero attached hydrogens (tertiary/aromatic N) is 5. The van der Waals surface area contributed by atoms with Crippen LogP contribution in [0.25, 0.3) is 10.2 Å². The summed E-state index contributed by atoms with van der Waals surface area (Å²) in [5.41, 5.74) is 3.79. The van der Waals surface area contributed by atoms with Crippen molar-refractivity contribution in [3.05, 3.63) is 107 Å². The Hall–Kier alpha value is -5.67. The predicted molar refractivity (Wildman–Crippen MR) is 190 cm³/mol. The van der Waals surface area contributed by atoms with Crippen molar-refractivity contribution in [1.82, 2.24) is 35.2 Å². The van der Waals surface area contributed by atoms with E-state index in [1.165, 1.54) is 53.6 Å². The van der Waals surface area contributed by atoms with Crippen molar-refractivity contribution < 1.29 is 33.0 Å². The molecule has 0 unspecified atom stereocenters. The number of amides is 4. The molecule has 3 aromatic carbocycles. The Balaban J connectivity index is 1.12. The Morgan fingerprint density at radius 2 is 1.94 bits per heavy atom. The number of aromatic nitrogens is 3. The fraction of sp³-hybridized carbons (Fsp3) is 0.297. The van der Waals surface area contributed by atoms with Crippen molar-refractivity contribution in [2.45, 2.75) is 38.1 Å². The highest BCUT2D eigenvalue weighted by Crippen LogP contribution is 2.28. The molecule has 52 heavy (non-hydrogen) atoms. The summed E-state index contributed by atoms with van der Waals surface area (Å²) >= 11 is 1.45. The van der Waals surface area contributed by atoms with E-state index in [0.29, 0.717) is 43.6 Å². The Morgan fingerprint density at radius 3 is 2.79 bits per heavy atom. The highest BCUT2D eigenvalue weighted by Gasteiger charge is 2.34. The minimum atomic E-state index is -0.620. The van der Waals surface area contributed by atoms with E-state index in [2.05, 4.69) is 20.7 Å². The van der Waals surface area contributed by atoms with Crippen molar-refractivity contribution in [2.24, 2.45) is 0 Å². The van der Waals surface area contributed by atoms with Gasteiger partial charge in [-0.3, -0.25) is 23.9 Å². The monoisotopic (exact) mass is 725 g/mol. The average Bonchev–Trinajstić information content (AvgIpc) is 3.83. The lowest BCUT2D eigenvalue weighted by Crippen LogP contribution is -2.58. The number of nitrogens with one attached hydrogen (secondary N) is 2. The van der Waals surface area contributed by atoms with E-state index in [0.717, 1.165) is 10.2 Å². The van der Waals surface area contributed by atoms with Gasteiger partial charge in [0.25, 0.3) is 17.7 Å². The van der Waals surface area contributed by atoms with E-state index in [4.69, 9.17) is 9.47 Å². The Labute approximate surface area is 302 Å². The minimum absolute atomic E-state index is 0.00572. The number of carbonyl (C=O) groups excluding carboxylic acids is 4. The topological polar surface area (TPSA) is 148 Å². The summed E-state index contributed by atoms with van der Waals surface area (Å²) < 4.78 is 29.9. The molecular formula is C37H36FN7O6S.